The number of nitrogens with zero attached hydrogens (tertiary/aromatic N) is 2. The molecule has 0 aliphatic heterocycles. The molecule has 196 valence electrons. The molecule has 2 N–H and O–H groups in total. The largest absolute Gasteiger partial charge is 0.377 e. The molecule has 37 heavy (non-hydrogen) atoms. The van der Waals surface area contributed by atoms with Crippen molar-refractivity contribution in [1.29, 1.82) is 0 Å². The number of hydrogen-bond acceptors (Lipinski definition) is 7. The Bertz CT molecular complexity index is 1260. The molecule has 0 unspecified atom stereocenters. The Labute approximate surface area is 234 Å². The Morgan fingerprint density at radius 1 is 1.05 bits per heavy atom. The average Bonchev–Trinajstić information content (AvgIpc) is 3.26. The Balaban J connectivity index is 1.28. The van der Waals surface area contributed by atoms with E-state index in [1.54, 1.807) is 11.9 Å². The van der Waals surface area contributed by atoms with Crippen molar-refractivity contribution in [1.82, 2.24) is 14.6 Å². The van der Waals surface area contributed by atoms with E-state index in [1.165, 1.54) is 98.4 Å². The van der Waals surface area contributed by atoms with Crippen LogP contribution in [0.2, 0.25) is 0 Å². The van der Waals surface area contributed by atoms with E-state index in [-0.39, 0.29) is 0 Å². The van der Waals surface area contributed by atoms with Gasteiger partial charge in [0.1, 0.15) is 5.01 Å². The van der Waals surface area contributed by atoms with Crippen LogP contribution in [0.4, 0.5) is 5.00 Å². The van der Waals surface area contributed by atoms with Gasteiger partial charge >= 0.3 is 0 Å². The molecule has 1 saturated carbocycles. The number of aromatic nitrogens is 1. The van der Waals surface area contributed by atoms with E-state index in [2.05, 4.69) is 59.6 Å². The first-order valence-corrected chi connectivity index (χ1v) is 16.3. The number of fused-ring (bicyclic) bond motifs is 2. The molecule has 0 radical (unpaired) electrons. The van der Waals surface area contributed by atoms with Crippen molar-refractivity contribution >= 4 is 45.3 Å². The second-order valence-electron chi connectivity index (χ2n) is 11.0. The van der Waals surface area contributed by atoms with Gasteiger partial charge in [0, 0.05) is 34.8 Å². The fourth-order valence-electron chi connectivity index (χ4n) is 5.39. The van der Waals surface area contributed by atoms with E-state index in [0.717, 1.165) is 31.8 Å². The number of benzene rings is 1. The Kier molecular flexibility index (Phi) is 7.41. The van der Waals surface area contributed by atoms with E-state index >= 15 is 0 Å². The molecule has 0 amide bonds. The molecule has 0 atom stereocenters. The fraction of sp³-hybridized carbons (Fsp3) is 0.500. The maximum Gasteiger partial charge on any atom is 0.112 e. The van der Waals surface area contributed by atoms with Crippen LogP contribution >= 0.6 is 34.6 Å². The van der Waals surface area contributed by atoms with Crippen LogP contribution in [0.5, 0.6) is 0 Å². The smallest absolute Gasteiger partial charge is 0.112 e. The summed E-state index contributed by atoms with van der Waals surface area (Å²) in [7, 11) is 0. The summed E-state index contributed by atoms with van der Waals surface area (Å²) in [6.45, 7) is 11.7. The van der Waals surface area contributed by atoms with Crippen molar-refractivity contribution in [2.24, 2.45) is 0 Å². The van der Waals surface area contributed by atoms with Crippen molar-refractivity contribution in [2.45, 2.75) is 94.5 Å². The molecule has 3 aliphatic rings. The summed E-state index contributed by atoms with van der Waals surface area (Å²) in [4.78, 5) is 9.07. The maximum absolute atomic E-state index is 5.10. The van der Waals surface area contributed by atoms with Crippen LogP contribution in [-0.2, 0) is 38.8 Å². The topological polar surface area (TPSA) is 40.2 Å². The molecule has 2 aromatic heterocycles. The van der Waals surface area contributed by atoms with Crippen LogP contribution in [0.15, 0.2) is 35.1 Å². The van der Waals surface area contributed by atoms with Gasteiger partial charge in [0.25, 0.3) is 0 Å². The summed E-state index contributed by atoms with van der Waals surface area (Å²) in [5, 5.41) is 6.07. The third-order valence-electron chi connectivity index (χ3n) is 7.89. The van der Waals surface area contributed by atoms with Gasteiger partial charge in [0.2, 0.25) is 0 Å². The summed E-state index contributed by atoms with van der Waals surface area (Å²) in [5.74, 6) is 0. The Morgan fingerprint density at radius 3 is 2.70 bits per heavy atom. The molecule has 1 aromatic carbocycles. The number of thiazole rings is 1. The molecular formula is C30H38N4S3. The van der Waals surface area contributed by atoms with E-state index in [1.807, 2.05) is 22.7 Å². The molecule has 6 rings (SSSR count). The Morgan fingerprint density at radius 2 is 1.89 bits per heavy atom. The van der Waals surface area contributed by atoms with E-state index in [0.29, 0.717) is 5.54 Å². The van der Waals surface area contributed by atoms with Crippen molar-refractivity contribution in [3.8, 4) is 0 Å². The summed E-state index contributed by atoms with van der Waals surface area (Å²) in [6.07, 6.45) is 11.2. The first-order chi connectivity index (χ1) is 18.0. The monoisotopic (exact) mass is 550 g/mol. The zero-order chi connectivity index (χ0) is 25.4. The van der Waals surface area contributed by atoms with Gasteiger partial charge < -0.3 is 10.2 Å². The number of thiophene rings is 1. The molecule has 0 saturated heterocycles. The molecule has 4 nitrogen and oxygen atoms in total. The van der Waals surface area contributed by atoms with Crippen LogP contribution in [0.3, 0.4) is 0 Å². The summed E-state index contributed by atoms with van der Waals surface area (Å²) in [6, 6.07) is 9.46. The number of aryl methyl sites for hydroxylation is 4. The number of anilines is 1. The minimum Gasteiger partial charge on any atom is -0.377 e. The normalized spacial score (nSPS) is 17.4. The van der Waals surface area contributed by atoms with Gasteiger partial charge in [-0.25, -0.2) is 4.98 Å². The number of rotatable bonds is 11. The molecule has 2 heterocycles. The molecule has 0 spiro atoms. The van der Waals surface area contributed by atoms with Gasteiger partial charge in [-0.2, -0.15) is 0 Å². The lowest BCUT2D eigenvalue weighted by Crippen LogP contribution is -2.21. The van der Waals surface area contributed by atoms with Crippen molar-refractivity contribution < 1.29 is 0 Å². The van der Waals surface area contributed by atoms with Gasteiger partial charge in [-0.1, -0.05) is 24.8 Å². The predicted molar refractivity (Wildman–Crippen MR) is 161 cm³/mol. The standard InChI is InChI=1S/C30H38N4S3/c1-4-31-29-24(17-28(36-29)37-33-30(3)14-15-30)20(2)34(18-21-12-13-22-8-7-9-23(22)16-21)19-27-32-25-10-5-6-11-26(25)35-27/h12-13,16-17,31,33H,2,4-11,14-15,18-19H2,1,3H3. The number of hydrogen-bond donors (Lipinski definition) is 2. The second kappa shape index (κ2) is 10.8. The van der Waals surface area contributed by atoms with Crippen LogP contribution in [-0.4, -0.2) is 22.0 Å². The lowest BCUT2D eigenvalue weighted by molar-refractivity contribution is 0.383. The highest BCUT2D eigenvalue weighted by molar-refractivity contribution is 7.99. The van der Waals surface area contributed by atoms with Crippen LogP contribution in [0.25, 0.3) is 5.70 Å². The Hall–Kier alpha value is -1.80. The zero-order valence-corrected chi connectivity index (χ0v) is 24.6. The van der Waals surface area contributed by atoms with Gasteiger partial charge in [-0.05, 0) is 106 Å². The molecule has 3 aliphatic carbocycles. The van der Waals surface area contributed by atoms with Crippen molar-refractivity contribution in [3.05, 3.63) is 68.7 Å². The van der Waals surface area contributed by atoms with Gasteiger partial charge in [-0.3, -0.25) is 4.72 Å². The van der Waals surface area contributed by atoms with Crippen molar-refractivity contribution in [2.75, 3.05) is 11.9 Å². The lowest BCUT2D eigenvalue weighted by Gasteiger charge is -2.27. The average molecular weight is 551 g/mol. The third kappa shape index (κ3) is 5.80. The fourth-order valence-corrected chi connectivity index (χ4v) is 8.71. The highest BCUT2D eigenvalue weighted by Crippen LogP contribution is 2.43. The first kappa shape index (κ1) is 25.5. The lowest BCUT2D eigenvalue weighted by atomic mass is 10.0. The van der Waals surface area contributed by atoms with Gasteiger partial charge in [0.15, 0.2) is 0 Å². The van der Waals surface area contributed by atoms with Crippen LogP contribution in [0, 0.1) is 0 Å². The summed E-state index contributed by atoms with van der Waals surface area (Å²) < 4.78 is 4.97. The highest BCUT2D eigenvalue weighted by Gasteiger charge is 2.37. The second-order valence-corrected chi connectivity index (χ2v) is 14.4. The molecule has 1 fully saturated rings. The van der Waals surface area contributed by atoms with Crippen LogP contribution in [0.1, 0.15) is 83.8 Å². The van der Waals surface area contributed by atoms with Gasteiger partial charge in [-0.15, -0.1) is 22.7 Å². The SMILES string of the molecule is C=C(c1cc(SNC2(C)CC2)sc1NCC)N(Cc1ccc2c(c1)CCC2)Cc1nc2c(s1)CCCC2. The molecule has 7 heteroatoms. The van der Waals surface area contributed by atoms with E-state index < -0.39 is 0 Å². The van der Waals surface area contributed by atoms with Crippen molar-refractivity contribution in [3.63, 3.8) is 0 Å². The van der Waals surface area contributed by atoms with E-state index in [4.69, 9.17) is 4.98 Å². The van der Waals surface area contributed by atoms with Crippen LogP contribution < -0.4 is 10.0 Å². The highest BCUT2D eigenvalue weighted by atomic mass is 32.2. The first-order valence-electron chi connectivity index (χ1n) is 13.8. The minimum atomic E-state index is 0.299. The minimum absolute atomic E-state index is 0.299. The zero-order valence-electron chi connectivity index (χ0n) is 22.1. The summed E-state index contributed by atoms with van der Waals surface area (Å²) in [5.41, 5.74) is 8.40. The van der Waals surface area contributed by atoms with Gasteiger partial charge in [0.05, 0.1) is 21.4 Å². The maximum atomic E-state index is 5.10. The molecule has 3 aromatic rings. The van der Waals surface area contributed by atoms with E-state index in [9.17, 15) is 0 Å². The number of nitrogens with one attached hydrogen (secondary N) is 2. The molecular weight excluding hydrogens is 513 g/mol. The summed E-state index contributed by atoms with van der Waals surface area (Å²) >= 11 is 5.54. The quantitative estimate of drug-likeness (QED) is 0.238. The third-order valence-corrected chi connectivity index (χ3v) is 11.3. The predicted octanol–water partition coefficient (Wildman–Crippen LogP) is 7.83. The molecule has 0 bridgehead atoms.